The van der Waals surface area contributed by atoms with Gasteiger partial charge in [-0.05, 0) is 81.0 Å². The highest BCUT2D eigenvalue weighted by Gasteiger charge is 2.29. The smallest absolute Gasteiger partial charge is 0.161 e. The van der Waals surface area contributed by atoms with Gasteiger partial charge in [-0.1, -0.05) is 140 Å². The summed E-state index contributed by atoms with van der Waals surface area (Å²) in [6, 6.07) is 68.7. The molecule has 296 valence electrons. The predicted octanol–water partition coefficient (Wildman–Crippen LogP) is 16.2. The predicted molar refractivity (Wildman–Crippen MR) is 268 cm³/mol. The Morgan fingerprint density at radius 2 is 1.20 bits per heavy atom. The number of hydrogen-bond donors (Lipinski definition) is 0. The van der Waals surface area contributed by atoms with Gasteiger partial charge in [0.05, 0.1) is 33.5 Å². The molecule has 0 fully saturated rings. The second kappa shape index (κ2) is 12.7. The molecular weight excluding hydrogens is 799 g/mol. The van der Waals surface area contributed by atoms with E-state index in [1.165, 1.54) is 74.3 Å². The highest BCUT2D eigenvalue weighted by Crippen LogP contribution is 2.49. The first-order valence-corrected chi connectivity index (χ1v) is 22.7. The van der Waals surface area contributed by atoms with Gasteiger partial charge in [0.1, 0.15) is 11.2 Å². The van der Waals surface area contributed by atoms with Crippen molar-refractivity contribution in [2.45, 2.75) is 6.42 Å². The van der Waals surface area contributed by atoms with Crippen molar-refractivity contribution in [2.75, 3.05) is 0 Å². The maximum Gasteiger partial charge on any atom is 0.161 e. The van der Waals surface area contributed by atoms with Crippen LogP contribution >= 0.6 is 11.3 Å². The van der Waals surface area contributed by atoms with Crippen LogP contribution in [0.3, 0.4) is 0 Å². The van der Waals surface area contributed by atoms with Gasteiger partial charge >= 0.3 is 0 Å². The fourth-order valence-electron chi connectivity index (χ4n) is 10.8. The molecule has 2 aliphatic heterocycles. The van der Waals surface area contributed by atoms with Gasteiger partial charge in [0.2, 0.25) is 0 Å². The van der Waals surface area contributed by atoms with Crippen LogP contribution < -0.4 is 0 Å². The van der Waals surface area contributed by atoms with Crippen molar-refractivity contribution in [1.82, 2.24) is 14.5 Å². The Balaban J connectivity index is 1.17. The quantitative estimate of drug-likeness (QED) is 0.174. The fourth-order valence-corrected chi connectivity index (χ4v) is 12.0. The molecule has 16 rings (SSSR count). The number of aromatic nitrogens is 3. The van der Waals surface area contributed by atoms with Crippen LogP contribution in [0, 0.1) is 0 Å². The van der Waals surface area contributed by atoms with E-state index in [0.717, 1.165) is 66.8 Å². The molecule has 5 heteroatoms. The summed E-state index contributed by atoms with van der Waals surface area (Å²) in [6.07, 6.45) is 0.642. The van der Waals surface area contributed by atoms with E-state index in [1.54, 1.807) is 0 Å². The summed E-state index contributed by atoms with van der Waals surface area (Å²) >= 11 is 1.82. The number of thiophene rings is 1. The van der Waals surface area contributed by atoms with Crippen LogP contribution in [0.15, 0.2) is 192 Å². The molecule has 0 N–H and O–H groups in total. The highest BCUT2D eigenvalue weighted by atomic mass is 32.1. The molecule has 64 heavy (non-hydrogen) atoms. The second-order valence-corrected chi connectivity index (χ2v) is 18.3. The van der Waals surface area contributed by atoms with Crippen molar-refractivity contribution < 1.29 is 4.42 Å². The first-order chi connectivity index (χ1) is 31.7. The van der Waals surface area contributed by atoms with Gasteiger partial charge in [0, 0.05) is 70.4 Å². The second-order valence-electron chi connectivity index (χ2n) is 17.2. The van der Waals surface area contributed by atoms with Crippen LogP contribution in [0.4, 0.5) is 0 Å². The van der Waals surface area contributed by atoms with E-state index in [9.17, 15) is 0 Å². The minimum atomic E-state index is 0.642. The molecule has 0 aliphatic carbocycles. The number of furan rings is 1. The molecule has 4 bridgehead atoms. The molecule has 14 aromatic rings. The molecule has 0 saturated heterocycles. The molecule has 0 atom stereocenters. The number of benzene rings is 10. The Labute approximate surface area is 369 Å². The first-order valence-electron chi connectivity index (χ1n) is 21.8. The number of nitrogens with zero attached hydrogens (tertiary/aromatic N) is 3. The maximum atomic E-state index is 6.77. The summed E-state index contributed by atoms with van der Waals surface area (Å²) in [5.74, 6) is 0.711. The van der Waals surface area contributed by atoms with Crippen LogP contribution in [-0.2, 0) is 6.42 Å². The average Bonchev–Trinajstić information content (AvgIpc) is 4.02. The van der Waals surface area contributed by atoms with Crippen molar-refractivity contribution in [3.63, 3.8) is 0 Å². The van der Waals surface area contributed by atoms with Crippen molar-refractivity contribution in [2.24, 2.45) is 0 Å². The Kier molecular flexibility index (Phi) is 6.85. The molecule has 0 spiro atoms. The van der Waals surface area contributed by atoms with Gasteiger partial charge in [-0.2, -0.15) is 0 Å². The number of hydrogen-bond acceptors (Lipinski definition) is 4. The van der Waals surface area contributed by atoms with Crippen LogP contribution in [-0.4, -0.2) is 14.5 Å². The number of para-hydroxylation sites is 1. The Morgan fingerprint density at radius 3 is 2.11 bits per heavy atom. The van der Waals surface area contributed by atoms with E-state index in [0.29, 0.717) is 12.2 Å². The third-order valence-corrected chi connectivity index (χ3v) is 14.9. The van der Waals surface area contributed by atoms with Crippen LogP contribution in [0.2, 0.25) is 0 Å². The van der Waals surface area contributed by atoms with Gasteiger partial charge in [0.25, 0.3) is 0 Å². The largest absolute Gasteiger partial charge is 0.456 e. The summed E-state index contributed by atoms with van der Waals surface area (Å²) in [5, 5.41) is 14.2. The van der Waals surface area contributed by atoms with Crippen molar-refractivity contribution in [3.05, 3.63) is 199 Å². The standard InChI is InChI=1S/C59H33N3OS/c1-2-11-35-30-39(22-21-34(35)10-1)54-48-29-33-20-24-40-38(28-33)23-25-42-47-31-36-12-3-4-13-37(36)32-49(47)62(56(40)42)57-45(26-27-51-53(57)44-15-5-7-18-50(44)63-51)55(48)61-59(60-54)46-17-9-16-43-41-14-6-8-19-52(41)64-58(43)46/h1-28,30-32H,29H2. The zero-order valence-electron chi connectivity index (χ0n) is 34.3. The van der Waals surface area contributed by atoms with E-state index in [-0.39, 0.29) is 0 Å². The van der Waals surface area contributed by atoms with Gasteiger partial charge < -0.3 is 8.98 Å². The van der Waals surface area contributed by atoms with Crippen molar-refractivity contribution >= 4 is 108 Å². The van der Waals surface area contributed by atoms with E-state index in [4.69, 9.17) is 14.4 Å². The molecule has 0 saturated carbocycles. The van der Waals surface area contributed by atoms with E-state index >= 15 is 0 Å². The third kappa shape index (κ3) is 4.76. The summed E-state index contributed by atoms with van der Waals surface area (Å²) in [6.45, 7) is 0. The van der Waals surface area contributed by atoms with Crippen LogP contribution in [0.25, 0.3) is 136 Å². The van der Waals surface area contributed by atoms with Crippen molar-refractivity contribution in [3.8, 4) is 39.6 Å². The molecule has 0 unspecified atom stereocenters. The SMILES string of the molecule is c1ccc2cc(-c3nc(-c4cccc5c4sc4ccccc45)nc4c3Cc3ccc5c(ccc6c7cc8ccccc8cc7n(c56)-c5c-4ccc4oc6ccccc6c54)c3)ccc2c1. The van der Waals surface area contributed by atoms with Crippen molar-refractivity contribution in [1.29, 1.82) is 0 Å². The van der Waals surface area contributed by atoms with Gasteiger partial charge in [0.15, 0.2) is 5.82 Å². The molecule has 0 amide bonds. The molecule has 2 aliphatic rings. The Morgan fingerprint density at radius 1 is 0.469 bits per heavy atom. The minimum absolute atomic E-state index is 0.642. The summed E-state index contributed by atoms with van der Waals surface area (Å²) in [4.78, 5) is 11.6. The number of rotatable bonds is 2. The van der Waals surface area contributed by atoms with Gasteiger partial charge in [-0.25, -0.2) is 9.97 Å². The average molecular weight is 832 g/mol. The summed E-state index contributed by atoms with van der Waals surface area (Å²) in [5.41, 5.74) is 12.4. The van der Waals surface area contributed by atoms with Gasteiger partial charge in [-0.15, -0.1) is 11.3 Å². The topological polar surface area (TPSA) is 43.9 Å². The van der Waals surface area contributed by atoms with Gasteiger partial charge in [-0.3, -0.25) is 0 Å². The lowest BCUT2D eigenvalue weighted by atomic mass is 9.91. The maximum absolute atomic E-state index is 6.77. The monoisotopic (exact) mass is 831 g/mol. The third-order valence-electron chi connectivity index (χ3n) is 13.7. The first kappa shape index (κ1) is 34.5. The van der Waals surface area contributed by atoms with E-state index in [2.05, 4.69) is 193 Å². The normalized spacial score (nSPS) is 12.6. The summed E-state index contributed by atoms with van der Waals surface area (Å²) < 4.78 is 11.7. The van der Waals surface area contributed by atoms with Crippen LogP contribution in [0.5, 0.6) is 0 Å². The number of fused-ring (bicyclic) bond motifs is 11. The fraction of sp³-hybridized carbons (Fsp3) is 0.0169. The van der Waals surface area contributed by atoms with Crippen LogP contribution in [0.1, 0.15) is 11.1 Å². The Bertz CT molecular complexity index is 4360. The molecule has 4 nitrogen and oxygen atoms in total. The lowest BCUT2D eigenvalue weighted by Gasteiger charge is -2.20. The lowest BCUT2D eigenvalue weighted by molar-refractivity contribution is 0.669. The molecule has 0 radical (unpaired) electrons. The zero-order valence-corrected chi connectivity index (χ0v) is 35.1. The van der Waals surface area contributed by atoms with E-state index < -0.39 is 0 Å². The Hall–Kier alpha value is -8.12. The molecular formula is C59H33N3OS. The van der Waals surface area contributed by atoms with E-state index in [1.807, 2.05) is 11.3 Å². The summed E-state index contributed by atoms with van der Waals surface area (Å²) in [7, 11) is 0. The zero-order chi connectivity index (χ0) is 41.6. The molecule has 10 aromatic carbocycles. The molecule has 4 aromatic heterocycles. The lowest BCUT2D eigenvalue weighted by Crippen LogP contribution is -2.06. The molecule has 6 heterocycles. The minimum Gasteiger partial charge on any atom is -0.456 e. The highest BCUT2D eigenvalue weighted by molar-refractivity contribution is 7.26.